The molecule has 0 aliphatic carbocycles. The van der Waals surface area contributed by atoms with E-state index in [4.69, 9.17) is 9.47 Å². The van der Waals surface area contributed by atoms with E-state index in [-0.39, 0.29) is 24.5 Å². The number of piperidine rings is 1. The Morgan fingerprint density at radius 3 is 2.25 bits per heavy atom. The van der Waals surface area contributed by atoms with Crippen LogP contribution >= 0.6 is 0 Å². The van der Waals surface area contributed by atoms with E-state index in [2.05, 4.69) is 5.32 Å². The van der Waals surface area contributed by atoms with Crippen LogP contribution in [0, 0.1) is 0 Å². The molecule has 0 spiro atoms. The summed E-state index contributed by atoms with van der Waals surface area (Å²) in [5.41, 5.74) is 0.659. The second kappa shape index (κ2) is 10.5. The van der Waals surface area contributed by atoms with Crippen LogP contribution < -0.4 is 10.1 Å². The van der Waals surface area contributed by atoms with Gasteiger partial charge in [-0.2, -0.15) is 0 Å². The Morgan fingerprint density at radius 2 is 1.57 bits per heavy atom. The van der Waals surface area contributed by atoms with Gasteiger partial charge in [0.1, 0.15) is 19.0 Å². The molecule has 3 rings (SSSR count). The lowest BCUT2D eigenvalue weighted by Gasteiger charge is -2.32. The van der Waals surface area contributed by atoms with Crippen molar-refractivity contribution < 1.29 is 19.1 Å². The first-order valence-electron chi connectivity index (χ1n) is 9.61. The molecule has 0 unspecified atom stereocenters. The lowest BCUT2D eigenvalue weighted by atomic mass is 10.0. The molecular formula is C22H26N2O4. The molecule has 2 aromatic rings. The van der Waals surface area contributed by atoms with Crippen LogP contribution in [0.4, 0.5) is 0 Å². The van der Waals surface area contributed by atoms with Gasteiger partial charge < -0.3 is 19.7 Å². The number of hydrogen-bond acceptors (Lipinski definition) is 4. The standard InChI is InChI=1S/C22H26N2O4/c25-21(17-27-15-16-28-20-9-5-2-6-10-20)24-13-11-19(12-14-24)23-22(26)18-7-3-1-4-8-18/h1-10,19H,11-17H2,(H,23,26). The summed E-state index contributed by atoms with van der Waals surface area (Å²) in [5.74, 6) is 0.705. The average Bonchev–Trinajstić information content (AvgIpc) is 2.75. The van der Waals surface area contributed by atoms with Crippen molar-refractivity contribution in [2.75, 3.05) is 32.9 Å². The van der Waals surface area contributed by atoms with E-state index in [0.717, 1.165) is 18.6 Å². The van der Waals surface area contributed by atoms with Gasteiger partial charge in [0, 0.05) is 24.7 Å². The average molecular weight is 382 g/mol. The third-order valence-electron chi connectivity index (χ3n) is 4.68. The zero-order chi connectivity index (χ0) is 19.6. The molecule has 28 heavy (non-hydrogen) atoms. The summed E-state index contributed by atoms with van der Waals surface area (Å²) in [6.45, 7) is 2.08. The highest BCUT2D eigenvalue weighted by Crippen LogP contribution is 2.12. The normalized spacial score (nSPS) is 14.5. The van der Waals surface area contributed by atoms with Crippen LogP contribution in [0.2, 0.25) is 0 Å². The Bertz CT molecular complexity index is 744. The molecule has 1 heterocycles. The van der Waals surface area contributed by atoms with Crippen molar-refractivity contribution in [1.29, 1.82) is 0 Å². The van der Waals surface area contributed by atoms with E-state index in [1.54, 1.807) is 17.0 Å². The minimum atomic E-state index is -0.0628. The van der Waals surface area contributed by atoms with Gasteiger partial charge in [0.05, 0.1) is 6.61 Å². The zero-order valence-electron chi connectivity index (χ0n) is 15.9. The van der Waals surface area contributed by atoms with Crippen LogP contribution in [0.1, 0.15) is 23.2 Å². The summed E-state index contributed by atoms with van der Waals surface area (Å²) in [7, 11) is 0. The van der Waals surface area contributed by atoms with Crippen molar-refractivity contribution in [2.24, 2.45) is 0 Å². The number of nitrogens with zero attached hydrogens (tertiary/aromatic N) is 1. The van der Waals surface area contributed by atoms with Crippen molar-refractivity contribution in [3.8, 4) is 5.75 Å². The van der Waals surface area contributed by atoms with Crippen molar-refractivity contribution >= 4 is 11.8 Å². The smallest absolute Gasteiger partial charge is 0.251 e. The molecule has 6 heteroatoms. The zero-order valence-corrected chi connectivity index (χ0v) is 15.9. The van der Waals surface area contributed by atoms with E-state index in [0.29, 0.717) is 31.9 Å². The lowest BCUT2D eigenvalue weighted by molar-refractivity contribution is -0.137. The van der Waals surface area contributed by atoms with E-state index >= 15 is 0 Å². The summed E-state index contributed by atoms with van der Waals surface area (Å²) in [6.07, 6.45) is 1.50. The number of para-hydroxylation sites is 1. The molecule has 148 valence electrons. The number of ether oxygens (including phenoxy) is 2. The lowest BCUT2D eigenvalue weighted by Crippen LogP contribution is -2.47. The van der Waals surface area contributed by atoms with Gasteiger partial charge in [0.25, 0.3) is 5.91 Å². The fourth-order valence-electron chi connectivity index (χ4n) is 3.12. The fourth-order valence-corrected chi connectivity index (χ4v) is 3.12. The van der Waals surface area contributed by atoms with Gasteiger partial charge in [-0.05, 0) is 37.1 Å². The van der Waals surface area contributed by atoms with Gasteiger partial charge in [-0.3, -0.25) is 9.59 Å². The largest absolute Gasteiger partial charge is 0.491 e. The Morgan fingerprint density at radius 1 is 0.929 bits per heavy atom. The third-order valence-corrected chi connectivity index (χ3v) is 4.68. The van der Waals surface area contributed by atoms with E-state index in [1.807, 2.05) is 48.5 Å². The first-order chi connectivity index (χ1) is 13.7. The quantitative estimate of drug-likeness (QED) is 0.713. The van der Waals surface area contributed by atoms with Gasteiger partial charge in [-0.15, -0.1) is 0 Å². The first kappa shape index (κ1) is 19.9. The molecular weight excluding hydrogens is 356 g/mol. The predicted molar refractivity (Wildman–Crippen MR) is 106 cm³/mol. The molecule has 6 nitrogen and oxygen atoms in total. The second-order valence-corrected chi connectivity index (χ2v) is 6.71. The molecule has 0 aromatic heterocycles. The number of amides is 2. The predicted octanol–water partition coefficient (Wildman–Crippen LogP) is 2.50. The minimum absolute atomic E-state index is 0.0208. The molecule has 0 saturated carbocycles. The number of carbonyl (C=O) groups excluding carboxylic acids is 2. The Kier molecular flexibility index (Phi) is 7.44. The Labute approximate surface area is 165 Å². The minimum Gasteiger partial charge on any atom is -0.491 e. The van der Waals surface area contributed by atoms with Gasteiger partial charge in [0.15, 0.2) is 0 Å². The highest BCUT2D eigenvalue weighted by Gasteiger charge is 2.24. The number of hydrogen-bond donors (Lipinski definition) is 1. The third kappa shape index (κ3) is 6.09. The molecule has 2 aromatic carbocycles. The van der Waals surface area contributed by atoms with Gasteiger partial charge in [-0.1, -0.05) is 36.4 Å². The van der Waals surface area contributed by atoms with Gasteiger partial charge in [-0.25, -0.2) is 0 Å². The van der Waals surface area contributed by atoms with Crippen molar-refractivity contribution in [1.82, 2.24) is 10.2 Å². The molecule has 0 atom stereocenters. The van der Waals surface area contributed by atoms with Crippen molar-refractivity contribution in [2.45, 2.75) is 18.9 Å². The maximum Gasteiger partial charge on any atom is 0.251 e. The van der Waals surface area contributed by atoms with Crippen molar-refractivity contribution in [3.05, 3.63) is 66.2 Å². The van der Waals surface area contributed by atoms with Crippen molar-refractivity contribution in [3.63, 3.8) is 0 Å². The summed E-state index contributed by atoms with van der Waals surface area (Å²) < 4.78 is 11.0. The van der Waals surface area contributed by atoms with E-state index in [1.165, 1.54) is 0 Å². The van der Waals surface area contributed by atoms with Crippen LogP contribution in [-0.2, 0) is 9.53 Å². The Balaban J connectivity index is 1.30. The molecule has 0 bridgehead atoms. The number of likely N-dealkylation sites (tertiary alicyclic amines) is 1. The first-order valence-corrected chi connectivity index (χ1v) is 9.61. The van der Waals surface area contributed by atoms with E-state index in [9.17, 15) is 9.59 Å². The SMILES string of the molecule is O=C(NC1CCN(C(=O)COCCOc2ccccc2)CC1)c1ccccc1. The molecule has 1 aliphatic heterocycles. The van der Waals surface area contributed by atoms with Crippen LogP contribution in [0.3, 0.4) is 0 Å². The van der Waals surface area contributed by atoms with Crippen LogP contribution in [-0.4, -0.2) is 55.7 Å². The van der Waals surface area contributed by atoms with Gasteiger partial charge in [0.2, 0.25) is 5.91 Å². The number of rotatable bonds is 8. The van der Waals surface area contributed by atoms with Crippen LogP contribution in [0.15, 0.2) is 60.7 Å². The summed E-state index contributed by atoms with van der Waals surface area (Å²) >= 11 is 0. The maximum atomic E-state index is 12.3. The highest BCUT2D eigenvalue weighted by atomic mass is 16.5. The molecule has 0 radical (unpaired) electrons. The molecule has 2 amide bonds. The summed E-state index contributed by atoms with van der Waals surface area (Å²) in [4.78, 5) is 26.3. The van der Waals surface area contributed by atoms with Crippen LogP contribution in [0.25, 0.3) is 0 Å². The number of nitrogens with one attached hydrogen (secondary N) is 1. The van der Waals surface area contributed by atoms with Crippen LogP contribution in [0.5, 0.6) is 5.75 Å². The second-order valence-electron chi connectivity index (χ2n) is 6.71. The highest BCUT2D eigenvalue weighted by molar-refractivity contribution is 5.94. The van der Waals surface area contributed by atoms with Gasteiger partial charge >= 0.3 is 0 Å². The molecule has 1 fully saturated rings. The fraction of sp³-hybridized carbons (Fsp3) is 0.364. The molecule has 1 N–H and O–H groups in total. The number of benzene rings is 2. The maximum absolute atomic E-state index is 12.3. The van der Waals surface area contributed by atoms with E-state index < -0.39 is 0 Å². The molecule has 1 aliphatic rings. The molecule has 1 saturated heterocycles. The monoisotopic (exact) mass is 382 g/mol. The number of carbonyl (C=O) groups is 2. The summed E-state index contributed by atoms with van der Waals surface area (Å²) in [5, 5.41) is 3.05. The summed E-state index contributed by atoms with van der Waals surface area (Å²) in [6, 6.07) is 18.8. The topological polar surface area (TPSA) is 67.9 Å². The Hall–Kier alpha value is -2.86.